The Bertz CT molecular complexity index is 1250. The van der Waals surface area contributed by atoms with E-state index in [-0.39, 0.29) is 11.9 Å². The highest BCUT2D eigenvalue weighted by molar-refractivity contribution is 6.33. The zero-order valence-electron chi connectivity index (χ0n) is 18.1. The van der Waals surface area contributed by atoms with Crippen molar-refractivity contribution in [1.82, 2.24) is 30.3 Å². The van der Waals surface area contributed by atoms with Gasteiger partial charge in [0.2, 0.25) is 5.91 Å². The van der Waals surface area contributed by atoms with Crippen molar-refractivity contribution in [3.05, 3.63) is 71.5 Å². The van der Waals surface area contributed by atoms with Gasteiger partial charge < -0.3 is 5.32 Å². The Morgan fingerprint density at radius 1 is 1.12 bits per heavy atom. The van der Waals surface area contributed by atoms with E-state index in [1.165, 1.54) is 0 Å². The highest BCUT2D eigenvalue weighted by Crippen LogP contribution is 2.27. The Hall–Kier alpha value is -3.36. The molecule has 1 N–H and O–H groups in total. The van der Waals surface area contributed by atoms with Crippen molar-refractivity contribution in [2.75, 3.05) is 18.0 Å². The molecule has 0 aliphatic carbocycles. The van der Waals surface area contributed by atoms with E-state index in [0.29, 0.717) is 29.3 Å². The van der Waals surface area contributed by atoms with Gasteiger partial charge in [0.1, 0.15) is 5.52 Å². The first-order valence-electron chi connectivity index (χ1n) is 11.1. The molecule has 1 saturated heterocycles. The summed E-state index contributed by atoms with van der Waals surface area (Å²) in [6.45, 7) is 1.71. The van der Waals surface area contributed by atoms with Crippen LogP contribution in [0.15, 0.2) is 60.9 Å². The van der Waals surface area contributed by atoms with Gasteiger partial charge in [0, 0.05) is 25.4 Å². The second-order valence-electron chi connectivity index (χ2n) is 8.09. The number of piperidine rings is 1. The highest BCUT2D eigenvalue weighted by atomic mass is 35.5. The number of nitrogens with one attached hydrogen (secondary N) is 1. The van der Waals surface area contributed by atoms with Crippen molar-refractivity contribution in [2.24, 2.45) is 0 Å². The number of carbonyl (C=O) groups is 1. The first kappa shape index (κ1) is 21.5. The van der Waals surface area contributed by atoms with Crippen molar-refractivity contribution in [2.45, 2.75) is 31.7 Å². The Morgan fingerprint density at radius 3 is 2.73 bits per heavy atom. The zero-order valence-corrected chi connectivity index (χ0v) is 18.8. The Balaban J connectivity index is 1.31. The lowest BCUT2D eigenvalue weighted by molar-refractivity contribution is -0.119. The standard InChI is InChI=1S/C24H24ClN7O/c25-20-5-2-14-27-23(20)31(19-4-1-13-26-16-19)22(33)12-9-17-7-10-18(11-8-17)32-24-21(29-30-32)6-3-15-28-24/h2-3,5-8,10-11,14-15,19,26H,1,4,9,12-13,16H2/t19-/m1/s1. The fraction of sp³-hybridized carbons (Fsp3) is 0.292. The Morgan fingerprint density at radius 2 is 1.94 bits per heavy atom. The molecular formula is C24H24ClN7O. The number of aromatic nitrogens is 5. The zero-order chi connectivity index (χ0) is 22.6. The SMILES string of the molecule is O=C(CCc1ccc(-n2nnc3cccnc32)cc1)N(c1ncccc1Cl)[C@@H]1CCCNC1. The number of anilines is 1. The molecule has 1 aliphatic heterocycles. The largest absolute Gasteiger partial charge is 0.315 e. The fourth-order valence-electron chi connectivity index (χ4n) is 4.22. The molecule has 33 heavy (non-hydrogen) atoms. The summed E-state index contributed by atoms with van der Waals surface area (Å²) in [5.41, 5.74) is 3.40. The minimum atomic E-state index is 0.0276. The Kier molecular flexibility index (Phi) is 6.28. The average molecular weight is 462 g/mol. The molecule has 0 unspecified atom stereocenters. The molecule has 1 amide bonds. The maximum Gasteiger partial charge on any atom is 0.228 e. The van der Waals surface area contributed by atoms with E-state index >= 15 is 0 Å². The molecule has 0 radical (unpaired) electrons. The molecule has 3 aromatic heterocycles. The third kappa shape index (κ3) is 4.58. The number of fused-ring (bicyclic) bond motifs is 1. The highest BCUT2D eigenvalue weighted by Gasteiger charge is 2.28. The first-order chi connectivity index (χ1) is 16.2. The van der Waals surface area contributed by atoms with Crippen molar-refractivity contribution in [3.8, 4) is 5.69 Å². The van der Waals surface area contributed by atoms with Crippen molar-refractivity contribution >= 4 is 34.5 Å². The van der Waals surface area contributed by atoms with Gasteiger partial charge in [0.05, 0.1) is 16.8 Å². The lowest BCUT2D eigenvalue weighted by atomic mass is 10.0. The summed E-state index contributed by atoms with van der Waals surface area (Å²) in [5.74, 6) is 0.568. The topological polar surface area (TPSA) is 88.8 Å². The summed E-state index contributed by atoms with van der Waals surface area (Å²) in [7, 11) is 0. The number of hydrogen-bond donors (Lipinski definition) is 1. The van der Waals surface area contributed by atoms with Crippen LogP contribution in [0.25, 0.3) is 16.9 Å². The van der Waals surface area contributed by atoms with Crippen molar-refractivity contribution in [1.29, 1.82) is 0 Å². The quantitative estimate of drug-likeness (QED) is 0.472. The van der Waals surface area contributed by atoms with Crippen molar-refractivity contribution < 1.29 is 4.79 Å². The lowest BCUT2D eigenvalue weighted by Crippen LogP contribution is -2.49. The second-order valence-corrected chi connectivity index (χ2v) is 8.49. The van der Waals surface area contributed by atoms with E-state index in [9.17, 15) is 4.79 Å². The lowest BCUT2D eigenvalue weighted by Gasteiger charge is -2.34. The number of benzene rings is 1. The van der Waals surface area contributed by atoms with Gasteiger partial charge in [-0.25, -0.2) is 9.97 Å². The van der Waals surface area contributed by atoms with Crippen LogP contribution in [-0.4, -0.2) is 50.0 Å². The molecule has 0 spiro atoms. The smallest absolute Gasteiger partial charge is 0.228 e. The molecule has 0 saturated carbocycles. The maximum atomic E-state index is 13.3. The molecule has 4 heterocycles. The second kappa shape index (κ2) is 9.64. The predicted octanol–water partition coefficient (Wildman–Crippen LogP) is 3.58. The van der Waals surface area contributed by atoms with Crippen LogP contribution in [0.2, 0.25) is 5.02 Å². The molecule has 4 aromatic rings. The molecular weight excluding hydrogens is 438 g/mol. The van der Waals surface area contributed by atoms with Gasteiger partial charge in [-0.05, 0) is 67.8 Å². The van der Waals surface area contributed by atoms with Gasteiger partial charge in [-0.15, -0.1) is 5.10 Å². The third-order valence-electron chi connectivity index (χ3n) is 5.89. The number of carbonyl (C=O) groups excluding carboxylic acids is 1. The van der Waals surface area contributed by atoms with Crippen LogP contribution in [-0.2, 0) is 11.2 Å². The number of aryl methyl sites for hydroxylation is 1. The van der Waals surface area contributed by atoms with Gasteiger partial charge in [0.25, 0.3) is 0 Å². The van der Waals surface area contributed by atoms with Gasteiger partial charge in [-0.2, -0.15) is 4.68 Å². The summed E-state index contributed by atoms with van der Waals surface area (Å²) >= 11 is 6.41. The van der Waals surface area contributed by atoms with E-state index in [2.05, 4.69) is 25.6 Å². The van der Waals surface area contributed by atoms with E-state index in [0.717, 1.165) is 42.7 Å². The van der Waals surface area contributed by atoms with Crippen LogP contribution in [0.3, 0.4) is 0 Å². The number of rotatable bonds is 6. The minimum absolute atomic E-state index is 0.0276. The summed E-state index contributed by atoms with van der Waals surface area (Å²) < 4.78 is 1.71. The Labute approximate surface area is 196 Å². The molecule has 8 nitrogen and oxygen atoms in total. The third-order valence-corrected chi connectivity index (χ3v) is 6.18. The average Bonchev–Trinajstić information content (AvgIpc) is 3.29. The summed E-state index contributed by atoms with van der Waals surface area (Å²) in [4.78, 5) is 23.9. The van der Waals surface area contributed by atoms with Crippen LogP contribution in [0.4, 0.5) is 5.82 Å². The van der Waals surface area contributed by atoms with E-state index < -0.39 is 0 Å². The van der Waals surface area contributed by atoms with Gasteiger partial charge in [-0.3, -0.25) is 9.69 Å². The number of hydrogen-bond acceptors (Lipinski definition) is 6. The van der Waals surface area contributed by atoms with Crippen molar-refractivity contribution in [3.63, 3.8) is 0 Å². The van der Waals surface area contributed by atoms with E-state index in [4.69, 9.17) is 11.6 Å². The molecule has 1 fully saturated rings. The van der Waals surface area contributed by atoms with Gasteiger partial charge >= 0.3 is 0 Å². The molecule has 0 bridgehead atoms. The molecule has 168 valence electrons. The van der Waals surface area contributed by atoms with Crippen LogP contribution >= 0.6 is 11.6 Å². The van der Waals surface area contributed by atoms with Crippen LogP contribution in [0.5, 0.6) is 0 Å². The summed E-state index contributed by atoms with van der Waals surface area (Å²) in [6.07, 6.45) is 6.35. The van der Waals surface area contributed by atoms with Crippen LogP contribution < -0.4 is 10.2 Å². The molecule has 5 rings (SSSR count). The van der Waals surface area contributed by atoms with Gasteiger partial charge in [-0.1, -0.05) is 28.9 Å². The minimum Gasteiger partial charge on any atom is -0.315 e. The molecule has 1 atom stereocenters. The fourth-order valence-corrected chi connectivity index (χ4v) is 4.43. The normalized spacial score (nSPS) is 16.1. The monoisotopic (exact) mass is 461 g/mol. The maximum absolute atomic E-state index is 13.3. The molecule has 1 aliphatic rings. The first-order valence-corrected chi connectivity index (χ1v) is 11.5. The van der Waals surface area contributed by atoms with E-state index in [1.807, 2.05) is 36.4 Å². The number of pyridine rings is 2. The summed E-state index contributed by atoms with van der Waals surface area (Å²) in [5, 5.41) is 12.2. The number of halogens is 1. The van der Waals surface area contributed by atoms with Gasteiger partial charge in [0.15, 0.2) is 11.5 Å². The molecule has 9 heteroatoms. The summed E-state index contributed by atoms with van der Waals surface area (Å²) in [6, 6.07) is 15.3. The number of amides is 1. The molecule has 1 aromatic carbocycles. The number of nitrogens with zero attached hydrogens (tertiary/aromatic N) is 6. The predicted molar refractivity (Wildman–Crippen MR) is 128 cm³/mol. The van der Waals surface area contributed by atoms with E-state index in [1.54, 1.807) is 34.1 Å². The van der Waals surface area contributed by atoms with Crippen LogP contribution in [0, 0.1) is 0 Å². The van der Waals surface area contributed by atoms with Crippen LogP contribution in [0.1, 0.15) is 24.8 Å².